The zero-order valence-corrected chi connectivity index (χ0v) is 3.76. The smallest absolute Gasteiger partial charge is 0.151 e. The zero-order chi connectivity index (χ0) is 13.2. The normalized spacial score (nSPS) is 91.8. The summed E-state index contributed by atoms with van der Waals surface area (Å²) >= 11 is 0. The lowest BCUT2D eigenvalue weighted by molar-refractivity contribution is 0.156. The molecule has 2 unspecified atom stereocenters. The second kappa shape index (κ2) is 2.40. The molecule has 1 fully saturated rings. The number of piperidine rings is 1. The summed E-state index contributed by atoms with van der Waals surface area (Å²) in [7, 11) is 0. The van der Waals surface area contributed by atoms with Crippen LogP contribution >= 0.6 is 0 Å². The fourth-order valence-corrected chi connectivity index (χ4v) is 0.282. The van der Waals surface area contributed by atoms with Crippen molar-refractivity contribution in [2.45, 2.75) is 25.2 Å². The minimum atomic E-state index is -4.07. The number of hydrogen-bond donors (Lipinski definition) is 1. The predicted molar refractivity (Wildman–Crippen MR) is 27.0 cm³/mol. The molecule has 1 rings (SSSR count). The highest BCUT2D eigenvalue weighted by molar-refractivity contribution is 4.69. The van der Waals surface area contributed by atoms with Crippen LogP contribution in [-0.4, -0.2) is 18.9 Å². The van der Waals surface area contributed by atoms with Gasteiger partial charge in [-0.3, -0.25) is 5.32 Å². The lowest BCUT2D eigenvalue weighted by atomic mass is 10.1. The van der Waals surface area contributed by atoms with E-state index in [1.807, 2.05) is 0 Å². The Labute approximate surface area is 58.3 Å². The van der Waals surface area contributed by atoms with Crippen molar-refractivity contribution in [2.75, 3.05) is 6.50 Å². The summed E-state index contributed by atoms with van der Waals surface area (Å²) in [6.45, 7) is -3.53. The van der Waals surface area contributed by atoms with Crippen LogP contribution in [0, 0.1) is 0 Å². The topological polar surface area (TPSA) is 12.0 Å². The van der Waals surface area contributed by atoms with Crippen molar-refractivity contribution in [3.05, 3.63) is 0 Å². The van der Waals surface area contributed by atoms with Crippen LogP contribution in [0.5, 0.6) is 0 Å². The van der Waals surface area contributed by atoms with Crippen molar-refractivity contribution in [3.63, 3.8) is 0 Å². The molecule has 0 radical (unpaired) electrons. The third-order valence-electron chi connectivity index (χ3n) is 0.564. The molecule has 0 saturated carbocycles. The Bertz CT molecular complexity index is 286. The molecule has 2 atom stereocenters. The molecular formula is C5H9F2N. The number of rotatable bonds is 0. The fraction of sp³-hybridized carbons (Fsp3) is 1.00. The number of hydrogen-bond acceptors (Lipinski definition) is 1. The summed E-state index contributed by atoms with van der Waals surface area (Å²) in [5, 5.41) is 1.02. The van der Waals surface area contributed by atoms with Crippen LogP contribution in [0.3, 0.4) is 0 Å². The summed E-state index contributed by atoms with van der Waals surface area (Å²) in [4.78, 5) is 0. The Morgan fingerprint density at radius 3 is 3.12 bits per heavy atom. The molecule has 48 valence electrons. The van der Waals surface area contributed by atoms with E-state index in [1.54, 1.807) is 0 Å². The van der Waals surface area contributed by atoms with Gasteiger partial charge in [-0.1, -0.05) is 0 Å². The second-order valence-corrected chi connectivity index (χ2v) is 1.13. The zero-order valence-electron chi connectivity index (χ0n) is 11.8. The Morgan fingerprint density at radius 1 is 1.62 bits per heavy atom. The molecule has 1 saturated heterocycles. The van der Waals surface area contributed by atoms with Crippen molar-refractivity contribution < 1.29 is 19.7 Å². The predicted octanol–water partition coefficient (Wildman–Crippen LogP) is 1.00. The van der Waals surface area contributed by atoms with Gasteiger partial charge in [-0.2, -0.15) is 0 Å². The fourth-order valence-electron chi connectivity index (χ4n) is 0.282. The SMILES string of the molecule is [2H]C1([2H])NC([2H])(F)C([2H])([2H])C([2H])([2H])C1([2H])F. The van der Waals surface area contributed by atoms with E-state index >= 15 is 0 Å². The molecule has 1 N–H and O–H groups in total. The van der Waals surface area contributed by atoms with Crippen LogP contribution in [0.4, 0.5) is 8.78 Å². The molecule has 1 aliphatic heterocycles. The van der Waals surface area contributed by atoms with E-state index in [2.05, 4.69) is 0 Å². The number of halogens is 2. The maximum absolute atomic E-state index is 13.6. The largest absolute Gasteiger partial charge is 0.285 e. The Morgan fingerprint density at radius 2 is 2.38 bits per heavy atom. The summed E-state index contributed by atoms with van der Waals surface area (Å²) in [6, 6.07) is 0. The van der Waals surface area contributed by atoms with E-state index in [1.165, 1.54) is 0 Å². The van der Waals surface area contributed by atoms with Gasteiger partial charge < -0.3 is 0 Å². The second-order valence-electron chi connectivity index (χ2n) is 1.13. The van der Waals surface area contributed by atoms with Crippen molar-refractivity contribution in [2.24, 2.45) is 0 Å². The lowest BCUT2D eigenvalue weighted by Gasteiger charge is -2.18. The van der Waals surface area contributed by atoms with Crippen LogP contribution in [0.2, 0.25) is 0 Å². The highest BCUT2D eigenvalue weighted by atomic mass is 19.1. The van der Waals surface area contributed by atoms with Gasteiger partial charge in [0, 0.05) is 14.7 Å². The maximum atomic E-state index is 13.6. The van der Waals surface area contributed by atoms with Crippen LogP contribution in [0.1, 0.15) is 23.7 Å². The van der Waals surface area contributed by atoms with Gasteiger partial charge >= 0.3 is 0 Å². The van der Waals surface area contributed by atoms with E-state index in [9.17, 15) is 8.78 Å². The Hall–Kier alpha value is -0.180. The molecule has 1 nitrogen and oxygen atoms in total. The summed E-state index contributed by atoms with van der Waals surface area (Å²) in [5.74, 6) is 0. The minimum absolute atomic E-state index is 1.02. The Balaban J connectivity index is 3.43. The molecule has 8 heavy (non-hydrogen) atoms. The lowest BCUT2D eigenvalue weighted by Crippen LogP contribution is -2.36. The molecule has 0 amide bonds. The average molecular weight is 129 g/mol. The Kier molecular flexibility index (Phi) is 0.435. The molecule has 0 spiro atoms. The number of alkyl halides is 2. The molecule has 0 aromatic rings. The van der Waals surface area contributed by atoms with E-state index in [-0.39, 0.29) is 0 Å². The molecule has 0 bridgehead atoms. The van der Waals surface area contributed by atoms with Gasteiger partial charge in [0.25, 0.3) is 0 Å². The molecule has 0 aromatic carbocycles. The summed E-state index contributed by atoms with van der Waals surface area (Å²) < 4.78 is 82.8. The van der Waals surface area contributed by atoms with Gasteiger partial charge in [-0.15, -0.1) is 0 Å². The first kappa shape index (κ1) is 1.45. The van der Waals surface area contributed by atoms with E-state index < -0.39 is 31.7 Å². The van der Waals surface area contributed by atoms with E-state index in [0.29, 0.717) is 0 Å². The molecule has 0 aromatic heterocycles. The van der Waals surface area contributed by atoms with Gasteiger partial charge in [0.2, 0.25) is 0 Å². The van der Waals surface area contributed by atoms with Gasteiger partial charge in [0.15, 0.2) is 6.27 Å². The monoisotopic (exact) mass is 129 g/mol. The summed E-state index contributed by atoms with van der Waals surface area (Å²) in [5.41, 5.74) is 0. The van der Waals surface area contributed by atoms with Crippen LogP contribution < -0.4 is 5.32 Å². The van der Waals surface area contributed by atoms with Gasteiger partial charge in [-0.05, 0) is 12.7 Å². The average Bonchev–Trinajstić information content (AvgIpc) is 1.98. The van der Waals surface area contributed by atoms with E-state index in [4.69, 9.17) is 11.0 Å². The molecule has 1 heterocycles. The van der Waals surface area contributed by atoms with Gasteiger partial charge in [-0.25, -0.2) is 8.78 Å². The van der Waals surface area contributed by atoms with Crippen molar-refractivity contribution in [3.8, 4) is 0 Å². The minimum Gasteiger partial charge on any atom is -0.285 e. The molecular weight excluding hydrogens is 112 g/mol. The summed E-state index contributed by atoms with van der Waals surface area (Å²) in [6.07, 6.45) is -15.5. The standard InChI is InChI=1S/C5H9F2N/c6-4-1-2-5(7)8-3-4/h4-5,8H,1-3H2/i1D2,2D2,3D2,4D,5D. The third-order valence-corrected chi connectivity index (χ3v) is 0.564. The van der Waals surface area contributed by atoms with Crippen LogP contribution in [0.25, 0.3) is 0 Å². The maximum Gasteiger partial charge on any atom is 0.151 e. The molecule has 0 aliphatic carbocycles. The van der Waals surface area contributed by atoms with Crippen LogP contribution in [-0.2, 0) is 0 Å². The third kappa shape index (κ3) is 1.40. The van der Waals surface area contributed by atoms with Gasteiger partial charge in [0.1, 0.15) is 6.15 Å². The first-order chi connectivity index (χ1) is 6.71. The van der Waals surface area contributed by atoms with Crippen molar-refractivity contribution in [1.29, 1.82) is 0 Å². The van der Waals surface area contributed by atoms with Crippen molar-refractivity contribution in [1.82, 2.24) is 5.32 Å². The van der Waals surface area contributed by atoms with Crippen molar-refractivity contribution >= 4 is 0 Å². The quantitative estimate of drug-likeness (QED) is 0.481. The molecule has 1 aliphatic rings. The highest BCUT2D eigenvalue weighted by Gasteiger charge is 2.17. The first-order valence-electron chi connectivity index (χ1n) is 5.88. The van der Waals surface area contributed by atoms with Gasteiger partial charge in [0.05, 0.1) is 2.74 Å². The first-order valence-corrected chi connectivity index (χ1v) is 1.88. The highest BCUT2D eigenvalue weighted by Crippen LogP contribution is 2.10. The van der Waals surface area contributed by atoms with Crippen LogP contribution in [0.15, 0.2) is 0 Å². The van der Waals surface area contributed by atoms with E-state index in [0.717, 1.165) is 5.32 Å². The molecule has 3 heteroatoms. The number of nitrogens with one attached hydrogen (secondary N) is 1.